The minimum atomic E-state index is -1.68. The van der Waals surface area contributed by atoms with Crippen LogP contribution < -0.4 is 0 Å². The number of aliphatic hydroxyl groups excluding tert-OH is 1. The second-order valence-corrected chi connectivity index (χ2v) is 8.63. The Morgan fingerprint density at radius 2 is 1.09 bits per heavy atom. The van der Waals surface area contributed by atoms with Gasteiger partial charge in [0.1, 0.15) is 24.4 Å². The molecule has 0 saturated carbocycles. The van der Waals surface area contributed by atoms with Crippen LogP contribution in [-0.2, 0) is 38.8 Å². The Kier molecular flexibility index (Phi) is 8.45. The van der Waals surface area contributed by atoms with Crippen molar-refractivity contribution in [1.29, 1.82) is 0 Å². The van der Waals surface area contributed by atoms with Crippen molar-refractivity contribution in [2.75, 3.05) is 6.61 Å². The van der Waals surface area contributed by atoms with Gasteiger partial charge in [-0.1, -0.05) is 91.0 Å². The van der Waals surface area contributed by atoms with Gasteiger partial charge in [-0.15, -0.1) is 0 Å². The Hall–Kier alpha value is -2.58. The first-order chi connectivity index (χ1) is 16.6. The van der Waals surface area contributed by atoms with E-state index in [4.69, 9.17) is 18.9 Å². The van der Waals surface area contributed by atoms with Crippen molar-refractivity contribution in [2.45, 2.75) is 56.9 Å². The summed E-state index contributed by atoms with van der Waals surface area (Å²) in [5.74, 6) is -1.68. The van der Waals surface area contributed by atoms with Gasteiger partial charge in [0.25, 0.3) is 0 Å². The fraction of sp³-hybridized carbons (Fsp3) is 0.357. The molecule has 0 aromatic heterocycles. The minimum Gasteiger partial charge on any atom is -0.394 e. The molecule has 1 aliphatic rings. The molecule has 2 N–H and O–H groups in total. The number of hydrogen-bond donors (Lipinski definition) is 2. The molecule has 0 amide bonds. The van der Waals surface area contributed by atoms with Gasteiger partial charge < -0.3 is 29.2 Å². The molecule has 1 heterocycles. The number of aliphatic hydroxyl groups is 2. The average molecular weight is 465 g/mol. The van der Waals surface area contributed by atoms with Crippen molar-refractivity contribution >= 4 is 0 Å². The van der Waals surface area contributed by atoms with Gasteiger partial charge in [0, 0.05) is 0 Å². The molecule has 34 heavy (non-hydrogen) atoms. The van der Waals surface area contributed by atoms with Gasteiger partial charge in [-0.2, -0.15) is 0 Å². The molecule has 1 fully saturated rings. The van der Waals surface area contributed by atoms with Crippen LogP contribution in [0.5, 0.6) is 0 Å². The normalized spacial score (nSPS) is 26.9. The zero-order chi connectivity index (χ0) is 23.8. The highest BCUT2D eigenvalue weighted by atomic mass is 16.7. The Labute approximate surface area is 200 Å². The topological polar surface area (TPSA) is 77.4 Å². The third-order valence-electron chi connectivity index (χ3n) is 5.93. The first kappa shape index (κ1) is 24.5. The molecule has 3 aromatic rings. The fourth-order valence-corrected chi connectivity index (χ4v) is 4.20. The highest BCUT2D eigenvalue weighted by molar-refractivity contribution is 5.16. The Balaban J connectivity index is 1.58. The molecule has 6 nitrogen and oxygen atoms in total. The lowest BCUT2D eigenvalue weighted by molar-refractivity contribution is -0.362. The summed E-state index contributed by atoms with van der Waals surface area (Å²) in [5, 5.41) is 21.3. The highest BCUT2D eigenvalue weighted by Crippen LogP contribution is 2.35. The predicted molar refractivity (Wildman–Crippen MR) is 128 cm³/mol. The first-order valence-corrected chi connectivity index (χ1v) is 11.5. The van der Waals surface area contributed by atoms with Gasteiger partial charge in [0.2, 0.25) is 0 Å². The van der Waals surface area contributed by atoms with Crippen LogP contribution in [0.3, 0.4) is 0 Å². The molecule has 0 spiro atoms. The second-order valence-electron chi connectivity index (χ2n) is 8.63. The van der Waals surface area contributed by atoms with E-state index in [-0.39, 0.29) is 13.2 Å². The molecule has 1 aliphatic heterocycles. The van der Waals surface area contributed by atoms with Gasteiger partial charge in [0.15, 0.2) is 5.79 Å². The molecule has 180 valence electrons. The quantitative estimate of drug-likeness (QED) is 0.475. The zero-order valence-corrected chi connectivity index (χ0v) is 19.3. The second kappa shape index (κ2) is 11.7. The van der Waals surface area contributed by atoms with Gasteiger partial charge in [-0.25, -0.2) is 0 Å². The third kappa shape index (κ3) is 6.30. The Bertz CT molecular complexity index is 980. The van der Waals surface area contributed by atoms with E-state index in [0.717, 1.165) is 16.7 Å². The largest absolute Gasteiger partial charge is 0.394 e. The lowest BCUT2D eigenvalue weighted by Gasteiger charge is -2.48. The number of hydrogen-bond acceptors (Lipinski definition) is 6. The predicted octanol–water partition coefficient (Wildman–Crippen LogP) is 3.84. The van der Waals surface area contributed by atoms with Crippen LogP contribution in [0.1, 0.15) is 23.6 Å². The lowest BCUT2D eigenvalue weighted by Crippen LogP contribution is -2.66. The number of ether oxygens (including phenoxy) is 4. The molecule has 4 rings (SSSR count). The van der Waals surface area contributed by atoms with Crippen molar-refractivity contribution in [3.05, 3.63) is 108 Å². The molecule has 0 unspecified atom stereocenters. The van der Waals surface area contributed by atoms with Crippen molar-refractivity contribution in [2.24, 2.45) is 0 Å². The van der Waals surface area contributed by atoms with Crippen LogP contribution in [0.25, 0.3) is 0 Å². The van der Waals surface area contributed by atoms with Crippen LogP contribution in [-0.4, -0.2) is 47.0 Å². The monoisotopic (exact) mass is 464 g/mol. The maximum absolute atomic E-state index is 11.2. The summed E-state index contributed by atoms with van der Waals surface area (Å²) in [6, 6.07) is 29.3. The van der Waals surface area contributed by atoms with Crippen molar-refractivity contribution in [3.63, 3.8) is 0 Å². The Morgan fingerprint density at radius 3 is 1.53 bits per heavy atom. The lowest BCUT2D eigenvalue weighted by atomic mass is 9.92. The van der Waals surface area contributed by atoms with Crippen molar-refractivity contribution < 1.29 is 29.2 Å². The number of benzene rings is 3. The smallest absolute Gasteiger partial charge is 0.192 e. The molecular formula is C28H32O6. The van der Waals surface area contributed by atoms with Gasteiger partial charge >= 0.3 is 0 Å². The van der Waals surface area contributed by atoms with Crippen LogP contribution in [0.4, 0.5) is 0 Å². The summed E-state index contributed by atoms with van der Waals surface area (Å²) in [5.41, 5.74) is 2.93. The summed E-state index contributed by atoms with van der Waals surface area (Å²) in [4.78, 5) is 0. The highest BCUT2D eigenvalue weighted by Gasteiger charge is 2.53. The summed E-state index contributed by atoms with van der Waals surface area (Å²) in [6.07, 6.45) is -2.97. The van der Waals surface area contributed by atoms with E-state index in [9.17, 15) is 10.2 Å². The summed E-state index contributed by atoms with van der Waals surface area (Å²) >= 11 is 0. The molecule has 3 aromatic carbocycles. The maximum atomic E-state index is 11.2. The van der Waals surface area contributed by atoms with Gasteiger partial charge in [0.05, 0.1) is 26.4 Å². The molecule has 0 radical (unpaired) electrons. The van der Waals surface area contributed by atoms with Crippen molar-refractivity contribution in [3.8, 4) is 0 Å². The number of rotatable bonds is 10. The molecule has 1 saturated heterocycles. The van der Waals surface area contributed by atoms with E-state index < -0.39 is 30.2 Å². The molecule has 0 aliphatic carbocycles. The van der Waals surface area contributed by atoms with Crippen LogP contribution in [0.2, 0.25) is 0 Å². The summed E-state index contributed by atoms with van der Waals surface area (Å²) in [7, 11) is 0. The van der Waals surface area contributed by atoms with Crippen LogP contribution >= 0.6 is 0 Å². The van der Waals surface area contributed by atoms with E-state index in [0.29, 0.717) is 13.2 Å². The third-order valence-corrected chi connectivity index (χ3v) is 5.93. The van der Waals surface area contributed by atoms with Gasteiger partial charge in [-0.05, 0) is 23.6 Å². The average Bonchev–Trinajstić information content (AvgIpc) is 2.87. The summed E-state index contributed by atoms with van der Waals surface area (Å²) in [6.45, 7) is 2.09. The van der Waals surface area contributed by atoms with E-state index >= 15 is 0 Å². The Morgan fingerprint density at radius 1 is 0.676 bits per heavy atom. The van der Waals surface area contributed by atoms with Crippen LogP contribution in [0, 0.1) is 0 Å². The maximum Gasteiger partial charge on any atom is 0.192 e. The molecule has 0 bridgehead atoms. The van der Waals surface area contributed by atoms with Crippen molar-refractivity contribution in [1.82, 2.24) is 0 Å². The molecular weight excluding hydrogens is 432 g/mol. The first-order valence-electron chi connectivity index (χ1n) is 11.5. The zero-order valence-electron chi connectivity index (χ0n) is 19.3. The minimum absolute atomic E-state index is 0.269. The van der Waals surface area contributed by atoms with E-state index in [2.05, 4.69) is 0 Å². The van der Waals surface area contributed by atoms with Gasteiger partial charge in [-0.3, -0.25) is 0 Å². The molecule has 6 heteroatoms. The SMILES string of the molecule is C[C@]1(O)O[C@H](CO)[C@@H](OCc2ccccc2)[C@H](OCc2ccccc2)[C@H]1OCc1ccccc1. The fourth-order valence-electron chi connectivity index (χ4n) is 4.20. The summed E-state index contributed by atoms with van der Waals surface area (Å²) < 4.78 is 24.7. The molecule has 5 atom stereocenters. The van der Waals surface area contributed by atoms with E-state index in [1.54, 1.807) is 0 Å². The van der Waals surface area contributed by atoms with E-state index in [1.165, 1.54) is 6.92 Å². The van der Waals surface area contributed by atoms with E-state index in [1.807, 2.05) is 91.0 Å². The standard InChI is InChI=1S/C28H32O6/c1-28(30)27(33-20-23-15-9-4-10-16-23)26(32-19-22-13-7-3-8-14-22)25(24(17-29)34-28)31-18-21-11-5-2-6-12-21/h2-16,24-27,29-30H,17-20H2,1H3/t24-,25-,26+,27-,28+/m1/s1. The van der Waals surface area contributed by atoms with Crippen LogP contribution in [0.15, 0.2) is 91.0 Å².